The number of pyridine rings is 1. The number of nitriles is 1. The zero-order chi connectivity index (χ0) is 42.5. The average molecular weight is 840 g/mol. The second-order valence-corrected chi connectivity index (χ2v) is 15.1. The van der Waals surface area contributed by atoms with Crippen LogP contribution in [-0.4, -0.2) is 66.4 Å². The molecule has 0 saturated carbocycles. The number of rotatable bonds is 21. The number of hydrogen-bond acceptors (Lipinski definition) is 10. The summed E-state index contributed by atoms with van der Waals surface area (Å²) in [5.74, 6) is 1.23. The molecule has 1 N–H and O–H groups in total. The predicted molar refractivity (Wildman–Crippen MR) is 228 cm³/mol. The molecule has 11 nitrogen and oxygen atoms in total. The summed E-state index contributed by atoms with van der Waals surface area (Å²) in [6.07, 6.45) is 4.47. The van der Waals surface area contributed by atoms with Crippen molar-refractivity contribution < 1.29 is 33.6 Å². The van der Waals surface area contributed by atoms with Gasteiger partial charge in [-0.05, 0) is 79.5 Å². The average Bonchev–Trinajstić information content (AvgIpc) is 3.22. The molecule has 5 aromatic rings. The van der Waals surface area contributed by atoms with Crippen molar-refractivity contribution in [3.8, 4) is 40.2 Å². The minimum atomic E-state index is -0.880. The monoisotopic (exact) mass is 838 g/mol. The number of carbonyl (C=O) groups excluding carboxylic acids is 1. The number of halogens is 2. The van der Waals surface area contributed by atoms with Crippen molar-refractivity contribution in [2.24, 2.45) is 0 Å². The lowest BCUT2D eigenvalue weighted by Crippen LogP contribution is -2.21. The SMILES string of the molecule is COc1cc(OCc2cccc(-c3cccc(COc4cc(OCc5cncc(C#N)c5)c(CN(C)CCC(=O)O)cc4Cl)c3C)c2C)c(Cl)cc1CN(C)CCC=O. The van der Waals surface area contributed by atoms with E-state index in [0.29, 0.717) is 71.2 Å². The zero-order valence-electron chi connectivity index (χ0n) is 33.9. The molecular formula is C46H48Cl2N4O7. The Labute approximate surface area is 355 Å². The van der Waals surface area contributed by atoms with Gasteiger partial charge in [-0.3, -0.25) is 9.78 Å². The molecule has 59 heavy (non-hydrogen) atoms. The van der Waals surface area contributed by atoms with Crippen molar-refractivity contribution in [3.63, 3.8) is 0 Å². The van der Waals surface area contributed by atoms with Crippen LogP contribution in [0.25, 0.3) is 11.1 Å². The molecule has 308 valence electrons. The fourth-order valence-corrected chi connectivity index (χ4v) is 7.09. The van der Waals surface area contributed by atoms with Gasteiger partial charge in [0.2, 0.25) is 0 Å². The van der Waals surface area contributed by atoms with Crippen LogP contribution in [0.3, 0.4) is 0 Å². The van der Waals surface area contributed by atoms with Gasteiger partial charge in [-0.1, -0.05) is 59.6 Å². The van der Waals surface area contributed by atoms with Gasteiger partial charge in [-0.2, -0.15) is 5.26 Å². The molecule has 0 amide bonds. The van der Waals surface area contributed by atoms with Crippen molar-refractivity contribution in [2.45, 2.75) is 59.6 Å². The van der Waals surface area contributed by atoms with Crippen LogP contribution in [0.4, 0.5) is 0 Å². The molecule has 5 rings (SSSR count). The van der Waals surface area contributed by atoms with Crippen LogP contribution in [0.5, 0.6) is 23.0 Å². The molecule has 0 aliphatic carbocycles. The van der Waals surface area contributed by atoms with Gasteiger partial charge in [-0.15, -0.1) is 0 Å². The van der Waals surface area contributed by atoms with Crippen molar-refractivity contribution >= 4 is 35.5 Å². The first-order chi connectivity index (χ1) is 28.4. The lowest BCUT2D eigenvalue weighted by molar-refractivity contribution is -0.137. The smallest absolute Gasteiger partial charge is 0.304 e. The Balaban J connectivity index is 1.33. The van der Waals surface area contributed by atoms with E-state index in [9.17, 15) is 20.0 Å². The van der Waals surface area contributed by atoms with E-state index in [1.807, 2.05) is 54.2 Å². The van der Waals surface area contributed by atoms with Crippen molar-refractivity contribution in [1.29, 1.82) is 5.26 Å². The summed E-state index contributed by atoms with van der Waals surface area (Å²) in [5, 5.41) is 19.4. The van der Waals surface area contributed by atoms with Crippen LogP contribution in [0.2, 0.25) is 10.0 Å². The second-order valence-electron chi connectivity index (χ2n) is 14.3. The van der Waals surface area contributed by atoms with Gasteiger partial charge in [-0.25, -0.2) is 0 Å². The Morgan fingerprint density at radius 1 is 0.763 bits per heavy atom. The van der Waals surface area contributed by atoms with Crippen LogP contribution in [0.1, 0.15) is 57.3 Å². The summed E-state index contributed by atoms with van der Waals surface area (Å²) in [6, 6.07) is 23.2. The molecule has 13 heteroatoms. The van der Waals surface area contributed by atoms with Crippen LogP contribution < -0.4 is 18.9 Å². The maximum Gasteiger partial charge on any atom is 0.304 e. The summed E-state index contributed by atoms with van der Waals surface area (Å²) in [5.41, 5.74) is 8.99. The van der Waals surface area contributed by atoms with Gasteiger partial charge in [0.1, 0.15) is 55.2 Å². The Hall–Kier alpha value is -5.64. The summed E-state index contributed by atoms with van der Waals surface area (Å²) in [6.45, 7) is 6.74. The van der Waals surface area contributed by atoms with E-state index in [0.717, 1.165) is 56.4 Å². The van der Waals surface area contributed by atoms with Gasteiger partial charge in [0, 0.05) is 73.8 Å². The van der Waals surface area contributed by atoms with E-state index in [-0.39, 0.29) is 26.2 Å². The Morgan fingerprint density at radius 3 is 1.85 bits per heavy atom. The fraction of sp³-hybridized carbons (Fsp3) is 0.304. The first-order valence-electron chi connectivity index (χ1n) is 19.0. The third kappa shape index (κ3) is 12.2. The molecule has 0 saturated heterocycles. The third-order valence-electron chi connectivity index (χ3n) is 9.93. The van der Waals surface area contributed by atoms with Gasteiger partial charge < -0.3 is 38.6 Å². The molecule has 0 radical (unpaired) electrons. The molecule has 4 aromatic carbocycles. The number of aromatic nitrogens is 1. The Kier molecular flexibility index (Phi) is 16.1. The number of aldehydes is 1. The highest BCUT2D eigenvalue weighted by Crippen LogP contribution is 2.37. The number of ether oxygens (including phenoxy) is 4. The van der Waals surface area contributed by atoms with Crippen molar-refractivity contribution in [3.05, 3.63) is 134 Å². The minimum absolute atomic E-state index is 0.00625. The number of hydrogen-bond donors (Lipinski definition) is 1. The molecule has 0 fully saturated rings. The van der Waals surface area contributed by atoms with E-state index < -0.39 is 5.97 Å². The standard InChI is InChI=1S/C46H48Cl2N4O7/c1-30-34(28-58-44-20-42(56-5)36(18-40(44)47)25-51(3)14-8-16-53)9-6-11-38(30)39-12-7-10-35(31(39)2)29-59-45-21-43(57-27-33-17-32(22-49)23-50-24-33)37(19-41(45)48)26-52(4)15-13-46(54)55/h6-7,9-12,16-21,23-24H,8,13-15,25-29H2,1-5H3,(H,54,55). The second kappa shape index (κ2) is 21.4. The molecule has 0 unspecified atom stereocenters. The van der Waals surface area contributed by atoms with Gasteiger partial charge in [0.05, 0.1) is 29.1 Å². The van der Waals surface area contributed by atoms with Crippen molar-refractivity contribution in [2.75, 3.05) is 34.3 Å². The largest absolute Gasteiger partial charge is 0.496 e. The highest BCUT2D eigenvalue weighted by molar-refractivity contribution is 6.32. The summed E-state index contributed by atoms with van der Waals surface area (Å²) in [7, 11) is 5.38. The van der Waals surface area contributed by atoms with Crippen LogP contribution in [-0.2, 0) is 42.5 Å². The minimum Gasteiger partial charge on any atom is -0.496 e. The lowest BCUT2D eigenvalue weighted by Gasteiger charge is -2.21. The topological polar surface area (TPSA) is 134 Å². The third-order valence-corrected chi connectivity index (χ3v) is 10.5. The first kappa shape index (κ1) is 44.5. The molecule has 1 aromatic heterocycles. The van der Waals surface area contributed by atoms with Gasteiger partial charge in [0.15, 0.2) is 0 Å². The number of carboxylic acids is 1. The molecule has 1 heterocycles. The summed E-state index contributed by atoms with van der Waals surface area (Å²) < 4.78 is 24.6. The van der Waals surface area contributed by atoms with E-state index in [1.165, 1.54) is 6.20 Å². The number of methoxy groups -OCH3 is 1. The molecular weight excluding hydrogens is 791 g/mol. The van der Waals surface area contributed by atoms with Crippen LogP contribution in [0.15, 0.2) is 79.1 Å². The highest BCUT2D eigenvalue weighted by Gasteiger charge is 2.18. The van der Waals surface area contributed by atoms with Gasteiger partial charge >= 0.3 is 5.97 Å². The number of carboxylic acid groups (broad SMARTS) is 1. The van der Waals surface area contributed by atoms with Crippen LogP contribution in [0, 0.1) is 25.2 Å². The number of aliphatic carboxylic acids is 1. The number of carbonyl (C=O) groups is 2. The lowest BCUT2D eigenvalue weighted by atomic mass is 9.92. The molecule has 0 aliphatic heterocycles. The zero-order valence-corrected chi connectivity index (χ0v) is 35.4. The fourth-order valence-electron chi connectivity index (χ4n) is 6.61. The molecule has 0 atom stereocenters. The quantitative estimate of drug-likeness (QED) is 0.0709. The normalized spacial score (nSPS) is 11.1. The first-order valence-corrected chi connectivity index (χ1v) is 19.8. The number of benzene rings is 4. The molecule has 0 bridgehead atoms. The summed E-state index contributed by atoms with van der Waals surface area (Å²) in [4.78, 5) is 30.1. The van der Waals surface area contributed by atoms with Gasteiger partial charge in [0.25, 0.3) is 0 Å². The van der Waals surface area contributed by atoms with E-state index in [2.05, 4.69) is 37.0 Å². The molecule has 0 spiro atoms. The predicted octanol–water partition coefficient (Wildman–Crippen LogP) is 9.22. The Bertz CT molecular complexity index is 2310. The van der Waals surface area contributed by atoms with E-state index >= 15 is 0 Å². The maximum atomic E-state index is 11.2. The van der Waals surface area contributed by atoms with Crippen molar-refractivity contribution in [1.82, 2.24) is 14.8 Å². The maximum absolute atomic E-state index is 11.2. The van der Waals surface area contributed by atoms with Crippen LogP contribution >= 0.6 is 23.2 Å². The Morgan fingerprint density at radius 2 is 1.31 bits per heavy atom. The highest BCUT2D eigenvalue weighted by atomic mass is 35.5. The van der Waals surface area contributed by atoms with E-state index in [1.54, 1.807) is 37.6 Å². The number of nitrogens with zero attached hydrogens (tertiary/aromatic N) is 4. The molecule has 0 aliphatic rings. The van der Waals surface area contributed by atoms with E-state index in [4.69, 9.17) is 42.1 Å². The summed E-state index contributed by atoms with van der Waals surface area (Å²) >= 11 is 13.5.